The number of benzene rings is 3. The molecule has 0 heterocycles. The van der Waals surface area contributed by atoms with Crippen LogP contribution < -0.4 is 15.8 Å². The van der Waals surface area contributed by atoms with Gasteiger partial charge in [0.2, 0.25) is 5.91 Å². The molecule has 1 amide bonds. The minimum Gasteiger partial charge on any atom is -0.481 e. The van der Waals surface area contributed by atoms with E-state index in [4.69, 9.17) is 10.5 Å². The van der Waals surface area contributed by atoms with Crippen molar-refractivity contribution in [2.24, 2.45) is 5.73 Å². The highest BCUT2D eigenvalue weighted by molar-refractivity contribution is 5.83. The fourth-order valence-corrected chi connectivity index (χ4v) is 2.82. The van der Waals surface area contributed by atoms with Crippen LogP contribution in [-0.2, 0) is 11.3 Å². The van der Waals surface area contributed by atoms with Gasteiger partial charge in [0.05, 0.1) is 5.54 Å². The summed E-state index contributed by atoms with van der Waals surface area (Å²) < 4.78 is 6.33. The lowest BCUT2D eigenvalue weighted by Crippen LogP contribution is -2.50. The van der Waals surface area contributed by atoms with Crippen LogP contribution in [0.2, 0.25) is 0 Å². The van der Waals surface area contributed by atoms with Gasteiger partial charge in [0.1, 0.15) is 11.9 Å². The van der Waals surface area contributed by atoms with Crippen molar-refractivity contribution in [1.29, 1.82) is 0 Å². The molecule has 0 fully saturated rings. The third-order valence-corrected chi connectivity index (χ3v) is 4.73. The first-order valence-corrected chi connectivity index (χ1v) is 9.36. The average molecular weight is 374 g/mol. The number of primary amides is 1. The monoisotopic (exact) mass is 374 g/mol. The quantitative estimate of drug-likeness (QED) is 0.621. The van der Waals surface area contributed by atoms with Crippen molar-refractivity contribution in [3.8, 4) is 5.75 Å². The number of nitrogens with one attached hydrogen (secondary N) is 1. The number of ether oxygens (including phenoxy) is 1. The van der Waals surface area contributed by atoms with Crippen molar-refractivity contribution >= 4 is 5.91 Å². The van der Waals surface area contributed by atoms with Gasteiger partial charge in [0.25, 0.3) is 0 Å². The largest absolute Gasteiger partial charge is 0.481 e. The maximum Gasteiger partial charge on any atom is 0.237 e. The summed E-state index contributed by atoms with van der Waals surface area (Å²) in [6, 6.07) is 28.2. The molecule has 0 aliphatic heterocycles. The second-order valence-electron chi connectivity index (χ2n) is 7.31. The van der Waals surface area contributed by atoms with E-state index < -0.39 is 5.54 Å². The molecule has 0 aliphatic rings. The van der Waals surface area contributed by atoms with E-state index in [0.29, 0.717) is 6.54 Å². The number of amides is 1. The van der Waals surface area contributed by atoms with E-state index in [1.165, 1.54) is 0 Å². The zero-order chi connectivity index (χ0) is 20.0. The molecule has 0 unspecified atom stereocenters. The van der Waals surface area contributed by atoms with Crippen LogP contribution in [0.4, 0.5) is 0 Å². The second kappa shape index (κ2) is 8.72. The molecule has 0 spiro atoms. The van der Waals surface area contributed by atoms with E-state index in [-0.39, 0.29) is 12.0 Å². The summed E-state index contributed by atoms with van der Waals surface area (Å²) in [6.07, 6.45) is -0.180. The minimum absolute atomic E-state index is 0.180. The van der Waals surface area contributed by atoms with Crippen molar-refractivity contribution in [1.82, 2.24) is 5.32 Å². The zero-order valence-electron chi connectivity index (χ0n) is 16.3. The van der Waals surface area contributed by atoms with Crippen molar-refractivity contribution in [3.63, 3.8) is 0 Å². The fraction of sp³-hybridized carbons (Fsp3) is 0.208. The Bertz CT molecular complexity index is 851. The lowest BCUT2D eigenvalue weighted by atomic mass is 10.0. The highest BCUT2D eigenvalue weighted by atomic mass is 16.5. The molecule has 3 aromatic carbocycles. The van der Waals surface area contributed by atoms with Crippen LogP contribution in [0.3, 0.4) is 0 Å². The molecular weight excluding hydrogens is 348 g/mol. The predicted octanol–water partition coefficient (Wildman–Crippen LogP) is 4.21. The lowest BCUT2D eigenvalue weighted by Gasteiger charge is -2.23. The van der Waals surface area contributed by atoms with Crippen molar-refractivity contribution < 1.29 is 9.53 Å². The van der Waals surface area contributed by atoms with E-state index in [0.717, 1.165) is 22.4 Å². The summed E-state index contributed by atoms with van der Waals surface area (Å²) in [4.78, 5) is 11.4. The van der Waals surface area contributed by atoms with E-state index in [2.05, 4.69) is 29.6 Å². The number of hydrogen-bond donors (Lipinski definition) is 2. The number of hydrogen-bond acceptors (Lipinski definition) is 3. The summed E-state index contributed by atoms with van der Waals surface area (Å²) in [5.41, 5.74) is 7.91. The Kier molecular flexibility index (Phi) is 6.12. The molecule has 4 heteroatoms. The lowest BCUT2D eigenvalue weighted by molar-refractivity contribution is -0.123. The number of carbonyl (C=O) groups is 1. The molecule has 0 saturated carbocycles. The van der Waals surface area contributed by atoms with Gasteiger partial charge in [-0.1, -0.05) is 72.8 Å². The SMILES string of the molecule is CC(C)(NCc1ccc(OC(c2ccccc2)c2ccccc2)cc1)C(N)=O. The summed E-state index contributed by atoms with van der Waals surface area (Å²) in [5, 5.41) is 3.17. The standard InChI is InChI=1S/C24H26N2O2/c1-24(2,23(25)27)26-17-18-13-15-21(16-14-18)28-22(19-9-5-3-6-10-19)20-11-7-4-8-12-20/h3-16,22,26H,17H2,1-2H3,(H2,25,27). The number of carbonyl (C=O) groups excluding carboxylic acids is 1. The maximum absolute atomic E-state index is 11.4. The Morgan fingerprint density at radius 2 is 1.39 bits per heavy atom. The zero-order valence-corrected chi connectivity index (χ0v) is 16.3. The molecule has 28 heavy (non-hydrogen) atoms. The molecule has 0 aliphatic carbocycles. The predicted molar refractivity (Wildman–Crippen MR) is 112 cm³/mol. The van der Waals surface area contributed by atoms with Crippen molar-refractivity contribution in [3.05, 3.63) is 102 Å². The molecule has 3 rings (SSSR count). The first-order chi connectivity index (χ1) is 13.5. The molecule has 0 atom stereocenters. The molecule has 3 N–H and O–H groups in total. The van der Waals surface area contributed by atoms with E-state index in [1.54, 1.807) is 13.8 Å². The van der Waals surface area contributed by atoms with Gasteiger partial charge in [0, 0.05) is 6.54 Å². The highest BCUT2D eigenvalue weighted by Crippen LogP contribution is 2.28. The van der Waals surface area contributed by atoms with Gasteiger partial charge in [-0.3, -0.25) is 10.1 Å². The third-order valence-electron chi connectivity index (χ3n) is 4.73. The van der Waals surface area contributed by atoms with Gasteiger partial charge in [-0.15, -0.1) is 0 Å². The van der Waals surface area contributed by atoms with Gasteiger partial charge < -0.3 is 10.5 Å². The van der Waals surface area contributed by atoms with Gasteiger partial charge in [0.15, 0.2) is 0 Å². The molecule has 0 saturated heterocycles. The molecule has 0 bridgehead atoms. The molecular formula is C24H26N2O2. The minimum atomic E-state index is -0.749. The van der Waals surface area contributed by atoms with Crippen molar-refractivity contribution in [2.45, 2.75) is 32.0 Å². The van der Waals surface area contributed by atoms with Gasteiger partial charge in [-0.2, -0.15) is 0 Å². The Morgan fingerprint density at radius 1 is 0.893 bits per heavy atom. The Labute approximate surface area is 166 Å². The fourth-order valence-electron chi connectivity index (χ4n) is 2.82. The van der Waals surface area contributed by atoms with Crippen LogP contribution >= 0.6 is 0 Å². The van der Waals surface area contributed by atoms with E-state index >= 15 is 0 Å². The summed E-state index contributed by atoms with van der Waals surface area (Å²) in [6.45, 7) is 4.10. The van der Waals surface area contributed by atoms with Crippen LogP contribution in [0.25, 0.3) is 0 Å². The topological polar surface area (TPSA) is 64.3 Å². The normalized spacial score (nSPS) is 11.4. The molecule has 144 valence electrons. The molecule has 3 aromatic rings. The van der Waals surface area contributed by atoms with Gasteiger partial charge in [-0.25, -0.2) is 0 Å². The van der Waals surface area contributed by atoms with Crippen molar-refractivity contribution in [2.75, 3.05) is 0 Å². The maximum atomic E-state index is 11.4. The summed E-state index contributed by atoms with van der Waals surface area (Å²) in [5.74, 6) is 0.414. The highest BCUT2D eigenvalue weighted by Gasteiger charge is 2.23. The third kappa shape index (κ3) is 4.99. The Hall–Kier alpha value is -3.11. The molecule has 4 nitrogen and oxygen atoms in total. The van der Waals surface area contributed by atoms with Crippen LogP contribution in [-0.4, -0.2) is 11.4 Å². The van der Waals surface area contributed by atoms with Crippen LogP contribution in [0.1, 0.15) is 36.6 Å². The van der Waals surface area contributed by atoms with Crippen LogP contribution in [0.15, 0.2) is 84.9 Å². The second-order valence-corrected chi connectivity index (χ2v) is 7.31. The summed E-state index contributed by atoms with van der Waals surface area (Å²) in [7, 11) is 0. The summed E-state index contributed by atoms with van der Waals surface area (Å²) >= 11 is 0. The first-order valence-electron chi connectivity index (χ1n) is 9.36. The number of rotatable bonds is 8. The average Bonchev–Trinajstić information content (AvgIpc) is 2.72. The Balaban J connectivity index is 1.74. The van der Waals surface area contributed by atoms with Crippen LogP contribution in [0, 0.1) is 0 Å². The van der Waals surface area contributed by atoms with Gasteiger partial charge in [-0.05, 0) is 42.7 Å². The van der Waals surface area contributed by atoms with Gasteiger partial charge >= 0.3 is 0 Å². The Morgan fingerprint density at radius 3 is 1.86 bits per heavy atom. The number of nitrogens with two attached hydrogens (primary N) is 1. The smallest absolute Gasteiger partial charge is 0.237 e. The molecule has 0 aromatic heterocycles. The van der Waals surface area contributed by atoms with E-state index in [9.17, 15) is 4.79 Å². The first kappa shape index (κ1) is 19.6. The molecule has 0 radical (unpaired) electrons. The van der Waals surface area contributed by atoms with E-state index in [1.807, 2.05) is 60.7 Å². The van der Waals surface area contributed by atoms with Crippen LogP contribution in [0.5, 0.6) is 5.75 Å².